The molecule has 0 aliphatic heterocycles. The molecule has 3 rings (SSSR count). The second-order valence-electron chi connectivity index (χ2n) is 5.06. The van der Waals surface area contributed by atoms with Crippen molar-refractivity contribution in [1.29, 1.82) is 0 Å². The Bertz CT molecular complexity index is 1020. The van der Waals surface area contributed by atoms with Gasteiger partial charge in [0.2, 0.25) is 6.33 Å². The van der Waals surface area contributed by atoms with E-state index in [0.29, 0.717) is 0 Å². The number of benzene rings is 1. The molecule has 0 aliphatic carbocycles. The predicted octanol–water partition coefficient (Wildman–Crippen LogP) is -0.0828. The van der Waals surface area contributed by atoms with Gasteiger partial charge < -0.3 is 14.8 Å². The minimum absolute atomic E-state index is 0.0130. The molecular weight excluding hydrogens is 347 g/mol. The summed E-state index contributed by atoms with van der Waals surface area (Å²) in [6.45, 7) is 0. The molecule has 0 unspecified atom stereocenters. The molecule has 134 valence electrons. The van der Waals surface area contributed by atoms with Gasteiger partial charge in [-0.15, -0.1) is 4.52 Å². The van der Waals surface area contributed by atoms with Gasteiger partial charge in [0.15, 0.2) is 17.3 Å². The van der Waals surface area contributed by atoms with Crippen molar-refractivity contribution < 1.29 is 28.0 Å². The van der Waals surface area contributed by atoms with Crippen molar-refractivity contribution in [2.24, 2.45) is 0 Å². The highest BCUT2D eigenvalue weighted by molar-refractivity contribution is 6.07. The maximum absolute atomic E-state index is 13.9. The first kappa shape index (κ1) is 17.1. The molecule has 1 aromatic carbocycles. The van der Waals surface area contributed by atoms with Crippen LogP contribution >= 0.6 is 0 Å². The van der Waals surface area contributed by atoms with E-state index in [0.717, 1.165) is 13.2 Å². The van der Waals surface area contributed by atoms with Crippen LogP contribution in [0.5, 0.6) is 5.75 Å². The molecule has 3 N–H and O–H groups in total. The van der Waals surface area contributed by atoms with E-state index in [2.05, 4.69) is 20.0 Å². The predicted molar refractivity (Wildman–Crippen MR) is 85.6 cm³/mol. The Labute approximate surface area is 145 Å². The van der Waals surface area contributed by atoms with Crippen molar-refractivity contribution in [3.8, 4) is 5.75 Å². The number of carbonyl (C=O) groups excluding carboxylic acids is 2. The second-order valence-corrected chi connectivity index (χ2v) is 5.06. The van der Waals surface area contributed by atoms with Crippen LogP contribution < -0.4 is 20.4 Å². The second kappa shape index (κ2) is 6.63. The maximum atomic E-state index is 13.9. The van der Waals surface area contributed by atoms with Crippen LogP contribution in [0.15, 0.2) is 30.7 Å². The molecule has 0 fully saturated rings. The summed E-state index contributed by atoms with van der Waals surface area (Å²) in [4.78, 5) is 33.5. The van der Waals surface area contributed by atoms with Crippen LogP contribution in [-0.2, 0) is 4.74 Å². The summed E-state index contributed by atoms with van der Waals surface area (Å²) in [5, 5.41) is 2.49. The minimum Gasteiger partial charge on any atom is -0.494 e. The van der Waals surface area contributed by atoms with E-state index < -0.39 is 17.7 Å². The highest BCUT2D eigenvalue weighted by Crippen LogP contribution is 2.27. The highest BCUT2D eigenvalue weighted by atomic mass is 19.1. The zero-order chi connectivity index (χ0) is 18.8. The maximum Gasteiger partial charge on any atom is 0.408 e. The Balaban J connectivity index is 1.97. The van der Waals surface area contributed by atoms with Gasteiger partial charge in [-0.05, 0) is 6.07 Å². The summed E-state index contributed by atoms with van der Waals surface area (Å²) in [5.41, 5.74) is -0.136. The number of rotatable bonds is 4. The fraction of sp³-hybridized carbons (Fsp3) is 0.133. The summed E-state index contributed by atoms with van der Waals surface area (Å²) in [6, 6.07) is 3.51. The third-order valence-electron chi connectivity index (χ3n) is 3.52. The summed E-state index contributed by atoms with van der Waals surface area (Å²) >= 11 is 0. The van der Waals surface area contributed by atoms with Gasteiger partial charge >= 0.3 is 11.7 Å². The molecule has 2 aromatic heterocycles. The lowest BCUT2D eigenvalue weighted by Gasteiger charge is -2.11. The molecule has 1 amide bonds. The molecule has 0 radical (unpaired) electrons. The van der Waals surface area contributed by atoms with Gasteiger partial charge in [0.05, 0.1) is 31.7 Å². The fourth-order valence-corrected chi connectivity index (χ4v) is 2.24. The number of nitrogens with zero attached hydrogens (tertiary/aromatic N) is 4. The van der Waals surface area contributed by atoms with Crippen LogP contribution in [0.4, 0.5) is 10.1 Å². The van der Waals surface area contributed by atoms with E-state index in [1.807, 2.05) is 0 Å². The summed E-state index contributed by atoms with van der Waals surface area (Å²) in [5.74, 6) is 3.44. The number of fused-ring (bicyclic) bond motifs is 1. The summed E-state index contributed by atoms with van der Waals surface area (Å²) in [6.07, 6.45) is 2.82. The normalized spacial score (nSPS) is 10.6. The van der Waals surface area contributed by atoms with Gasteiger partial charge in [-0.3, -0.25) is 10.6 Å². The number of amides is 1. The lowest BCUT2D eigenvalue weighted by atomic mass is 10.1. The number of nitrogen functional groups attached to an aromatic ring is 1. The molecule has 11 heteroatoms. The first-order valence-corrected chi connectivity index (χ1v) is 7.23. The van der Waals surface area contributed by atoms with Gasteiger partial charge in [-0.25, -0.2) is 9.18 Å². The molecule has 0 saturated heterocycles. The van der Waals surface area contributed by atoms with E-state index in [1.54, 1.807) is 0 Å². The number of aromatic nitrogens is 4. The zero-order valence-corrected chi connectivity index (χ0v) is 13.8. The quantitative estimate of drug-likeness (QED) is 0.378. The first-order chi connectivity index (χ1) is 12.4. The van der Waals surface area contributed by atoms with E-state index in [1.165, 1.54) is 41.1 Å². The Morgan fingerprint density at radius 1 is 1.35 bits per heavy atom. The van der Waals surface area contributed by atoms with Crippen LogP contribution in [0, 0.1) is 5.82 Å². The molecule has 0 aliphatic rings. The monoisotopic (exact) mass is 361 g/mol. The average Bonchev–Trinajstić information content (AvgIpc) is 3.02. The van der Waals surface area contributed by atoms with Crippen molar-refractivity contribution in [1.82, 2.24) is 14.8 Å². The van der Waals surface area contributed by atoms with Gasteiger partial charge in [0, 0.05) is 12.1 Å². The fourth-order valence-electron chi connectivity index (χ4n) is 2.24. The Morgan fingerprint density at radius 3 is 2.81 bits per heavy atom. The van der Waals surface area contributed by atoms with E-state index in [-0.39, 0.29) is 28.5 Å². The number of hydrogen-bond donors (Lipinski definition) is 2. The largest absolute Gasteiger partial charge is 0.494 e. The van der Waals surface area contributed by atoms with Crippen molar-refractivity contribution in [2.45, 2.75) is 0 Å². The molecule has 3 aromatic rings. The third kappa shape index (κ3) is 2.97. The topological polar surface area (TPSA) is 125 Å². The number of esters is 1. The molecule has 10 nitrogen and oxygen atoms in total. The number of anilines is 1. The zero-order valence-electron chi connectivity index (χ0n) is 13.8. The Morgan fingerprint density at radius 2 is 2.12 bits per heavy atom. The number of nitrogens with two attached hydrogens (primary N) is 1. The number of nitrogens with one attached hydrogen (secondary N) is 1. The molecule has 0 spiro atoms. The van der Waals surface area contributed by atoms with E-state index in [4.69, 9.17) is 10.6 Å². The van der Waals surface area contributed by atoms with Crippen LogP contribution in [0.1, 0.15) is 20.8 Å². The average molecular weight is 361 g/mol. The van der Waals surface area contributed by atoms with E-state index in [9.17, 15) is 14.0 Å². The molecule has 0 atom stereocenters. The van der Waals surface area contributed by atoms with Gasteiger partial charge in [0.1, 0.15) is 0 Å². The number of methoxy groups -OCH3 is 2. The number of carbonyl (C=O) groups is 2. The minimum atomic E-state index is -0.817. The Kier molecular flexibility index (Phi) is 4.35. The molecule has 0 saturated carbocycles. The van der Waals surface area contributed by atoms with Crippen LogP contribution in [0.25, 0.3) is 5.78 Å². The van der Waals surface area contributed by atoms with Crippen LogP contribution in [0.2, 0.25) is 0 Å². The van der Waals surface area contributed by atoms with Gasteiger partial charge in [0.25, 0.3) is 5.91 Å². The summed E-state index contributed by atoms with van der Waals surface area (Å²) < 4.78 is 24.8. The molecule has 0 bridgehead atoms. The molecule has 26 heavy (non-hydrogen) atoms. The lowest BCUT2D eigenvalue weighted by molar-refractivity contribution is -0.605. The van der Waals surface area contributed by atoms with Crippen molar-refractivity contribution in [3.63, 3.8) is 0 Å². The number of halogens is 1. The standard InChI is InChI=1S/C15H13FN6O4/c1-25-12-6-11(8(5-9(12)16)14(24)26-2)19-13(23)10-3-4-21-15(20-10)18-7-22(21)17/h3-7H,1-2H3,(H2-,17,19,23,24)/p+1. The highest BCUT2D eigenvalue weighted by Gasteiger charge is 2.21. The lowest BCUT2D eigenvalue weighted by Crippen LogP contribution is -2.38. The first-order valence-electron chi connectivity index (χ1n) is 7.23. The SMILES string of the molecule is COC(=O)c1cc(F)c(OC)cc1NC(=O)c1cc[n+]2c(ncn2N)n1. The van der Waals surface area contributed by atoms with E-state index >= 15 is 0 Å². The summed E-state index contributed by atoms with van der Waals surface area (Å²) in [7, 11) is 2.41. The Hall–Kier alpha value is -3.76. The van der Waals surface area contributed by atoms with Gasteiger partial charge in [-0.2, -0.15) is 0 Å². The van der Waals surface area contributed by atoms with Gasteiger partial charge in [-0.1, -0.05) is 14.8 Å². The number of hydrogen-bond acceptors (Lipinski definition) is 7. The third-order valence-corrected chi connectivity index (χ3v) is 3.52. The molecular formula is C15H14FN6O4+. The van der Waals surface area contributed by atoms with Crippen molar-refractivity contribution in [2.75, 3.05) is 25.4 Å². The van der Waals surface area contributed by atoms with Crippen LogP contribution in [-0.4, -0.2) is 40.9 Å². The number of ether oxygens (including phenoxy) is 2. The van der Waals surface area contributed by atoms with Crippen LogP contribution in [0.3, 0.4) is 0 Å². The smallest absolute Gasteiger partial charge is 0.408 e. The van der Waals surface area contributed by atoms with Crippen molar-refractivity contribution >= 4 is 23.3 Å². The molecule has 2 heterocycles. The van der Waals surface area contributed by atoms with Crippen molar-refractivity contribution in [3.05, 3.63) is 47.8 Å².